The fourth-order valence-corrected chi connectivity index (χ4v) is 3.33. The molecule has 0 aliphatic rings. The third kappa shape index (κ3) is 11.4. The number of aryl methyl sites for hydroxylation is 2. The molecule has 0 aliphatic heterocycles. The van der Waals surface area contributed by atoms with E-state index in [0.717, 1.165) is 6.54 Å². The summed E-state index contributed by atoms with van der Waals surface area (Å²) in [4.78, 5) is 0. The zero-order valence-corrected chi connectivity index (χ0v) is 18.3. The Labute approximate surface area is 158 Å². The second-order valence-corrected chi connectivity index (χ2v) is 7.56. The van der Waals surface area contributed by atoms with Crippen molar-refractivity contribution in [2.45, 2.75) is 92.5 Å². The number of imidazole rings is 1. The van der Waals surface area contributed by atoms with E-state index in [9.17, 15) is 0 Å². The lowest BCUT2D eigenvalue weighted by atomic mass is 10.1. The summed E-state index contributed by atoms with van der Waals surface area (Å²) >= 11 is 0. The molecule has 0 spiro atoms. The van der Waals surface area contributed by atoms with Gasteiger partial charge in [-0.15, -0.1) is 0 Å². The average molecular weight is 354 g/mol. The predicted octanol–water partition coefficient (Wildman–Crippen LogP) is 5.34. The maximum Gasteiger partial charge on any atom is 0.243 e. The lowest BCUT2D eigenvalue weighted by Gasteiger charge is -2.39. The van der Waals surface area contributed by atoms with Gasteiger partial charge in [-0.25, -0.2) is 9.13 Å². The number of aromatic nitrogens is 2. The molecule has 0 atom stereocenters. The highest BCUT2D eigenvalue weighted by molar-refractivity contribution is 4.63. The van der Waals surface area contributed by atoms with Crippen LogP contribution >= 0.6 is 0 Å². The Morgan fingerprint density at radius 1 is 0.720 bits per heavy atom. The van der Waals surface area contributed by atoms with E-state index < -0.39 is 0 Å². The lowest BCUT2D eigenvalue weighted by Crippen LogP contribution is -2.50. The Morgan fingerprint density at radius 3 is 1.32 bits per heavy atom. The quantitative estimate of drug-likeness (QED) is 0.334. The maximum absolute atomic E-state index is 2.33. The van der Waals surface area contributed by atoms with Crippen molar-refractivity contribution in [2.75, 3.05) is 26.2 Å². The standard InChI is InChI=1S/C16H36N.C6H11N2/c1-5-9-13-17(14-10-6-2,15-11-7-3)16-12-8-4;1-3-8-5-4-7(2)6-8/h5-16H2,1-4H3;4-6H,3H2,1-2H3/q2*+1. The van der Waals surface area contributed by atoms with Gasteiger partial charge >= 0.3 is 0 Å². The van der Waals surface area contributed by atoms with E-state index >= 15 is 0 Å². The van der Waals surface area contributed by atoms with Crippen LogP contribution in [0, 0.1) is 0 Å². The van der Waals surface area contributed by atoms with Gasteiger partial charge < -0.3 is 4.48 Å². The molecule has 0 aliphatic carbocycles. The molecule has 0 unspecified atom stereocenters. The predicted molar refractivity (Wildman–Crippen MR) is 111 cm³/mol. The summed E-state index contributed by atoms with van der Waals surface area (Å²) in [5, 5.41) is 0. The van der Waals surface area contributed by atoms with Crippen LogP contribution in [0.2, 0.25) is 0 Å². The second-order valence-electron chi connectivity index (χ2n) is 7.56. The fourth-order valence-electron chi connectivity index (χ4n) is 3.33. The monoisotopic (exact) mass is 353 g/mol. The Kier molecular flexibility index (Phi) is 14.9. The van der Waals surface area contributed by atoms with E-state index in [1.165, 1.54) is 82.0 Å². The highest BCUT2D eigenvalue weighted by Crippen LogP contribution is 2.16. The highest BCUT2D eigenvalue weighted by atomic mass is 15.3. The lowest BCUT2D eigenvalue weighted by molar-refractivity contribution is -0.929. The molecule has 1 aromatic heterocycles. The van der Waals surface area contributed by atoms with E-state index in [1.807, 2.05) is 17.8 Å². The SMILES string of the molecule is CCCC[N+](CCCC)(CCCC)CCCC.CCn1cc[n+](C)c1. The minimum atomic E-state index is 1.06. The summed E-state index contributed by atoms with van der Waals surface area (Å²) in [6.45, 7) is 18.2. The molecule has 1 heterocycles. The molecule has 0 bridgehead atoms. The zero-order chi connectivity index (χ0) is 19.0. The van der Waals surface area contributed by atoms with E-state index in [4.69, 9.17) is 0 Å². The van der Waals surface area contributed by atoms with Gasteiger partial charge in [0.05, 0.1) is 39.8 Å². The molecule has 0 amide bonds. The van der Waals surface area contributed by atoms with Gasteiger partial charge in [0, 0.05) is 0 Å². The molecule has 0 aromatic carbocycles. The van der Waals surface area contributed by atoms with Gasteiger partial charge in [-0.05, 0) is 32.6 Å². The number of hydrogen-bond donors (Lipinski definition) is 0. The van der Waals surface area contributed by atoms with Crippen molar-refractivity contribution in [3.05, 3.63) is 18.7 Å². The third-order valence-corrected chi connectivity index (χ3v) is 5.13. The maximum atomic E-state index is 2.33. The number of hydrogen-bond acceptors (Lipinski definition) is 0. The smallest absolute Gasteiger partial charge is 0.243 e. The van der Waals surface area contributed by atoms with E-state index in [2.05, 4.69) is 51.7 Å². The molecule has 0 fully saturated rings. The topological polar surface area (TPSA) is 8.81 Å². The molecule has 0 N–H and O–H groups in total. The van der Waals surface area contributed by atoms with Gasteiger partial charge in [0.2, 0.25) is 6.33 Å². The molecular formula is C22H47N3+2. The van der Waals surface area contributed by atoms with E-state index in [1.54, 1.807) is 0 Å². The van der Waals surface area contributed by atoms with Crippen molar-refractivity contribution in [1.29, 1.82) is 0 Å². The molecule has 3 nitrogen and oxygen atoms in total. The fraction of sp³-hybridized carbons (Fsp3) is 0.864. The molecule has 148 valence electrons. The summed E-state index contributed by atoms with van der Waals surface area (Å²) in [6, 6.07) is 0. The van der Waals surface area contributed by atoms with Gasteiger partial charge in [0.15, 0.2) is 0 Å². The van der Waals surface area contributed by atoms with Crippen molar-refractivity contribution < 1.29 is 9.05 Å². The van der Waals surface area contributed by atoms with Crippen molar-refractivity contribution in [2.24, 2.45) is 7.05 Å². The Hall–Kier alpha value is -0.830. The van der Waals surface area contributed by atoms with Crippen LogP contribution in [0.1, 0.15) is 86.0 Å². The second kappa shape index (κ2) is 15.4. The van der Waals surface area contributed by atoms with Crippen LogP contribution in [-0.4, -0.2) is 35.2 Å². The zero-order valence-electron chi connectivity index (χ0n) is 18.3. The van der Waals surface area contributed by atoms with E-state index in [-0.39, 0.29) is 0 Å². The molecule has 0 saturated heterocycles. The van der Waals surface area contributed by atoms with Crippen LogP contribution in [0.25, 0.3) is 0 Å². The molecule has 25 heavy (non-hydrogen) atoms. The first-order chi connectivity index (χ1) is 12.1. The normalized spacial score (nSPS) is 11.3. The van der Waals surface area contributed by atoms with Crippen LogP contribution < -0.4 is 4.57 Å². The molecule has 0 radical (unpaired) electrons. The summed E-state index contributed by atoms with van der Waals surface area (Å²) in [5.74, 6) is 0. The van der Waals surface area contributed by atoms with Crippen molar-refractivity contribution >= 4 is 0 Å². The highest BCUT2D eigenvalue weighted by Gasteiger charge is 2.24. The summed E-state index contributed by atoms with van der Waals surface area (Å²) in [7, 11) is 2.02. The Morgan fingerprint density at radius 2 is 1.12 bits per heavy atom. The van der Waals surface area contributed by atoms with Crippen LogP contribution in [0.3, 0.4) is 0 Å². The first-order valence-electron chi connectivity index (χ1n) is 10.9. The molecule has 1 aromatic rings. The summed E-state index contributed by atoms with van der Waals surface area (Å²) in [6.07, 6.45) is 17.2. The van der Waals surface area contributed by atoms with Crippen molar-refractivity contribution in [1.82, 2.24) is 4.57 Å². The van der Waals surface area contributed by atoms with Gasteiger partial charge in [-0.3, -0.25) is 0 Å². The van der Waals surface area contributed by atoms with E-state index in [0.29, 0.717) is 0 Å². The van der Waals surface area contributed by atoms with Gasteiger partial charge in [0.25, 0.3) is 0 Å². The van der Waals surface area contributed by atoms with Crippen LogP contribution in [0.5, 0.6) is 0 Å². The summed E-state index contributed by atoms with van der Waals surface area (Å²) in [5.41, 5.74) is 0. The number of nitrogens with zero attached hydrogens (tertiary/aromatic N) is 3. The van der Waals surface area contributed by atoms with Crippen LogP contribution in [0.4, 0.5) is 0 Å². The largest absolute Gasteiger partial charge is 0.324 e. The van der Waals surface area contributed by atoms with Gasteiger partial charge in [-0.1, -0.05) is 53.4 Å². The molecule has 0 saturated carbocycles. The number of rotatable bonds is 13. The minimum absolute atomic E-state index is 1.06. The third-order valence-electron chi connectivity index (χ3n) is 5.13. The van der Waals surface area contributed by atoms with Crippen molar-refractivity contribution in [3.63, 3.8) is 0 Å². The summed E-state index contributed by atoms with van der Waals surface area (Å²) < 4.78 is 5.58. The average Bonchev–Trinajstić information content (AvgIpc) is 3.06. The Balaban J connectivity index is 0.000000593. The first kappa shape index (κ1) is 24.2. The van der Waals surface area contributed by atoms with Gasteiger partial charge in [0.1, 0.15) is 12.4 Å². The molecule has 3 heteroatoms. The minimum Gasteiger partial charge on any atom is -0.324 e. The first-order valence-corrected chi connectivity index (χ1v) is 10.9. The van der Waals surface area contributed by atoms with Gasteiger partial charge in [-0.2, -0.15) is 0 Å². The van der Waals surface area contributed by atoms with Crippen LogP contribution in [0.15, 0.2) is 18.7 Å². The molecule has 1 rings (SSSR count). The van der Waals surface area contributed by atoms with Crippen molar-refractivity contribution in [3.8, 4) is 0 Å². The molecular weight excluding hydrogens is 306 g/mol. The Bertz CT molecular complexity index is 360. The number of quaternary nitrogens is 1. The number of unbranched alkanes of at least 4 members (excludes halogenated alkanes) is 4. The van der Waals surface area contributed by atoms with Crippen LogP contribution in [-0.2, 0) is 13.6 Å².